The van der Waals surface area contributed by atoms with Gasteiger partial charge in [-0.1, -0.05) is 30.3 Å². The summed E-state index contributed by atoms with van der Waals surface area (Å²) in [5, 5.41) is 0. The number of nitrogens with zero attached hydrogens (tertiary/aromatic N) is 1. The fourth-order valence-electron chi connectivity index (χ4n) is 2.64. The number of benzene rings is 1. The summed E-state index contributed by atoms with van der Waals surface area (Å²) in [6, 6.07) is 10.8. The van der Waals surface area contributed by atoms with Crippen molar-refractivity contribution in [1.82, 2.24) is 4.90 Å². The summed E-state index contributed by atoms with van der Waals surface area (Å²) in [6.07, 6.45) is 8.60. The number of likely N-dealkylation sites (N-methyl/N-ethyl adjacent to an activating group) is 1. The van der Waals surface area contributed by atoms with Gasteiger partial charge < -0.3 is 4.74 Å². The van der Waals surface area contributed by atoms with Crippen molar-refractivity contribution in [2.75, 3.05) is 7.05 Å². The fraction of sp³-hybridized carbons (Fsp3) is 0.312. The van der Waals surface area contributed by atoms with Gasteiger partial charge in [0, 0.05) is 12.0 Å². The van der Waals surface area contributed by atoms with E-state index in [1.807, 2.05) is 6.07 Å². The molecule has 0 bridgehead atoms. The first kappa shape index (κ1) is 12.2. The Balaban J connectivity index is 1.78. The molecule has 1 saturated heterocycles. The molecule has 1 aliphatic carbocycles. The monoisotopic (exact) mass is 240 g/mol. The average molecular weight is 240 g/mol. The fourth-order valence-corrected chi connectivity index (χ4v) is 2.64. The summed E-state index contributed by atoms with van der Waals surface area (Å²) in [7, 11) is 2.13. The second-order valence-corrected chi connectivity index (χ2v) is 4.94. The molecule has 0 aromatic heterocycles. The molecule has 0 amide bonds. The summed E-state index contributed by atoms with van der Waals surface area (Å²) in [6.45, 7) is 2.22. The van der Waals surface area contributed by atoms with Gasteiger partial charge in [0.1, 0.15) is 6.23 Å². The standard InChI is InChI=1S/C16H18NO/c1-12-15(13-8-4-3-5-9-13)18-16(17(12)2)14-10-6-7-11-14/h3-12,15-16H,1-2H3/t12-,15+,16-/m0/s1. The maximum atomic E-state index is 6.24. The predicted octanol–water partition coefficient (Wildman–Crippen LogP) is 2.81. The second-order valence-electron chi connectivity index (χ2n) is 4.94. The Kier molecular flexibility index (Phi) is 3.40. The van der Waals surface area contributed by atoms with E-state index in [0.717, 1.165) is 0 Å². The van der Waals surface area contributed by atoms with Gasteiger partial charge in [-0.2, -0.15) is 0 Å². The second kappa shape index (κ2) is 5.02. The third-order valence-electron chi connectivity index (χ3n) is 3.83. The highest BCUT2D eigenvalue weighted by Crippen LogP contribution is 2.40. The third kappa shape index (κ3) is 2.08. The molecule has 3 rings (SSSR count). The first-order chi connectivity index (χ1) is 8.77. The molecule has 18 heavy (non-hydrogen) atoms. The normalized spacial score (nSPS) is 34.2. The lowest BCUT2D eigenvalue weighted by atomic mass is 10.0. The van der Waals surface area contributed by atoms with Crippen molar-refractivity contribution < 1.29 is 4.74 Å². The summed E-state index contributed by atoms with van der Waals surface area (Å²) in [5.74, 6) is 1.24. The Labute approximate surface area is 110 Å². The molecule has 3 atom stereocenters. The van der Waals surface area contributed by atoms with Crippen LogP contribution in [0.25, 0.3) is 0 Å². The Hall–Kier alpha value is -0.860. The SMILES string of the molecule is C[C@H]1[C@H](c2ccccc2)O[C@@H]([C]2[CH][CH][CH][CH]2)N1C. The zero-order valence-electron chi connectivity index (χ0n) is 10.8. The minimum Gasteiger partial charge on any atom is -0.353 e. The minimum atomic E-state index is 0.0696. The van der Waals surface area contributed by atoms with E-state index >= 15 is 0 Å². The Morgan fingerprint density at radius 2 is 1.72 bits per heavy atom. The largest absolute Gasteiger partial charge is 0.353 e. The first-order valence-corrected chi connectivity index (χ1v) is 6.41. The lowest BCUT2D eigenvalue weighted by Gasteiger charge is -2.25. The Bertz CT molecular complexity index is 385. The van der Waals surface area contributed by atoms with Gasteiger partial charge in [0.25, 0.3) is 0 Å². The predicted molar refractivity (Wildman–Crippen MR) is 71.7 cm³/mol. The van der Waals surface area contributed by atoms with Crippen LogP contribution < -0.4 is 0 Å². The lowest BCUT2D eigenvalue weighted by molar-refractivity contribution is 0.0229. The van der Waals surface area contributed by atoms with E-state index in [1.54, 1.807) is 0 Å². The van der Waals surface area contributed by atoms with Crippen LogP contribution in [-0.2, 0) is 4.74 Å². The molecule has 1 aliphatic heterocycles. The summed E-state index contributed by atoms with van der Waals surface area (Å²) < 4.78 is 6.24. The molecule has 1 heterocycles. The molecule has 0 spiro atoms. The highest BCUT2D eigenvalue weighted by molar-refractivity contribution is 5.38. The van der Waals surface area contributed by atoms with Crippen molar-refractivity contribution in [2.24, 2.45) is 0 Å². The topological polar surface area (TPSA) is 12.5 Å². The quantitative estimate of drug-likeness (QED) is 0.788. The van der Waals surface area contributed by atoms with Crippen molar-refractivity contribution in [1.29, 1.82) is 0 Å². The van der Waals surface area contributed by atoms with Crippen LogP contribution in [0.4, 0.5) is 0 Å². The number of ether oxygens (including phenoxy) is 1. The molecule has 2 aliphatic rings. The van der Waals surface area contributed by atoms with Crippen LogP contribution in [0.2, 0.25) is 0 Å². The molecule has 93 valence electrons. The Morgan fingerprint density at radius 3 is 2.39 bits per heavy atom. The highest BCUT2D eigenvalue weighted by atomic mass is 16.5. The van der Waals surface area contributed by atoms with Gasteiger partial charge in [0.05, 0.1) is 6.10 Å². The van der Waals surface area contributed by atoms with E-state index in [0.29, 0.717) is 6.04 Å². The first-order valence-electron chi connectivity index (χ1n) is 6.41. The van der Waals surface area contributed by atoms with Gasteiger partial charge in [-0.05, 0) is 45.2 Å². The average Bonchev–Trinajstić information content (AvgIpc) is 3.01. The van der Waals surface area contributed by atoms with Gasteiger partial charge in [-0.3, -0.25) is 4.90 Å². The summed E-state index contributed by atoms with van der Waals surface area (Å²) >= 11 is 0. The van der Waals surface area contributed by atoms with Gasteiger partial charge in [0.2, 0.25) is 0 Å². The van der Waals surface area contributed by atoms with Crippen LogP contribution in [0.1, 0.15) is 18.6 Å². The van der Waals surface area contributed by atoms with Crippen LogP contribution >= 0.6 is 0 Å². The smallest absolute Gasteiger partial charge is 0.118 e. The molecular weight excluding hydrogens is 222 g/mol. The zero-order chi connectivity index (χ0) is 12.5. The molecule has 5 radical (unpaired) electrons. The molecular formula is C16H18NO. The molecule has 0 N–H and O–H groups in total. The van der Waals surface area contributed by atoms with Crippen molar-refractivity contribution in [3.63, 3.8) is 0 Å². The zero-order valence-corrected chi connectivity index (χ0v) is 10.8. The highest BCUT2D eigenvalue weighted by Gasteiger charge is 2.42. The molecule has 2 heteroatoms. The molecule has 0 unspecified atom stereocenters. The van der Waals surface area contributed by atoms with Crippen molar-refractivity contribution >= 4 is 0 Å². The van der Waals surface area contributed by atoms with E-state index in [1.165, 1.54) is 11.5 Å². The van der Waals surface area contributed by atoms with E-state index < -0.39 is 0 Å². The van der Waals surface area contributed by atoms with E-state index in [2.05, 4.69) is 68.8 Å². The summed E-state index contributed by atoms with van der Waals surface area (Å²) in [5.41, 5.74) is 1.26. The van der Waals surface area contributed by atoms with Gasteiger partial charge in [-0.15, -0.1) is 0 Å². The van der Waals surface area contributed by atoms with Gasteiger partial charge in [0.15, 0.2) is 0 Å². The molecule has 2 fully saturated rings. The van der Waals surface area contributed by atoms with Crippen LogP contribution in [-0.4, -0.2) is 24.2 Å². The maximum Gasteiger partial charge on any atom is 0.118 e. The number of rotatable bonds is 2. The maximum absolute atomic E-state index is 6.24. The van der Waals surface area contributed by atoms with Gasteiger partial charge >= 0.3 is 0 Å². The van der Waals surface area contributed by atoms with Gasteiger partial charge in [-0.25, -0.2) is 0 Å². The van der Waals surface area contributed by atoms with Crippen molar-refractivity contribution in [3.8, 4) is 0 Å². The van der Waals surface area contributed by atoms with Crippen molar-refractivity contribution in [3.05, 3.63) is 67.5 Å². The molecule has 1 aromatic rings. The molecule has 2 nitrogen and oxygen atoms in total. The van der Waals surface area contributed by atoms with Crippen LogP contribution in [0.15, 0.2) is 30.3 Å². The summed E-state index contributed by atoms with van der Waals surface area (Å²) in [4.78, 5) is 2.30. The van der Waals surface area contributed by atoms with E-state index in [-0.39, 0.29) is 12.3 Å². The number of hydrogen-bond donors (Lipinski definition) is 0. The van der Waals surface area contributed by atoms with E-state index in [9.17, 15) is 0 Å². The minimum absolute atomic E-state index is 0.0696. The van der Waals surface area contributed by atoms with Crippen LogP contribution in [0.3, 0.4) is 0 Å². The van der Waals surface area contributed by atoms with E-state index in [4.69, 9.17) is 4.74 Å². The number of hydrogen-bond acceptors (Lipinski definition) is 2. The third-order valence-corrected chi connectivity index (χ3v) is 3.83. The van der Waals surface area contributed by atoms with Crippen LogP contribution in [0.5, 0.6) is 0 Å². The lowest BCUT2D eigenvalue weighted by Crippen LogP contribution is -2.35. The molecule has 1 aromatic carbocycles. The molecule has 1 saturated carbocycles. The van der Waals surface area contributed by atoms with Crippen molar-refractivity contribution in [2.45, 2.75) is 25.3 Å². The van der Waals surface area contributed by atoms with Crippen LogP contribution in [0, 0.1) is 31.6 Å². The Morgan fingerprint density at radius 1 is 1.06 bits per heavy atom.